The Balaban J connectivity index is 0.000000371. The van der Waals surface area contributed by atoms with E-state index in [1.165, 1.54) is 21.5 Å². The molecule has 0 heterocycles. The molecule has 0 N–H and O–H groups in total. The van der Waals surface area contributed by atoms with Crippen LogP contribution < -0.4 is 0 Å². The molecule has 0 saturated carbocycles. The Labute approximate surface area is 120 Å². The van der Waals surface area contributed by atoms with Crippen LogP contribution in [0.2, 0.25) is 0 Å². The van der Waals surface area contributed by atoms with Crippen molar-refractivity contribution in [2.45, 2.75) is 0 Å². The van der Waals surface area contributed by atoms with Gasteiger partial charge in [0.1, 0.15) is 0 Å². The first kappa shape index (κ1) is 14.9. The lowest BCUT2D eigenvalue weighted by Crippen LogP contribution is -1.74. The third-order valence-corrected chi connectivity index (χ3v) is 2.61. The SMILES string of the molecule is CS.CS.c1ccc2cc3ccccc3cc2c1. The highest BCUT2D eigenvalue weighted by atomic mass is 32.1. The first-order valence-corrected chi connectivity index (χ1v) is 7.49. The summed E-state index contributed by atoms with van der Waals surface area (Å²) in [6.07, 6.45) is 3.39. The Hall–Kier alpha value is -1.12. The summed E-state index contributed by atoms with van der Waals surface area (Å²) in [5.74, 6) is 0. The topological polar surface area (TPSA) is 0 Å². The summed E-state index contributed by atoms with van der Waals surface area (Å²) in [5.41, 5.74) is 0. The molecule has 0 aliphatic carbocycles. The monoisotopic (exact) mass is 274 g/mol. The Morgan fingerprint density at radius 3 is 0.944 bits per heavy atom. The van der Waals surface area contributed by atoms with Crippen molar-refractivity contribution < 1.29 is 0 Å². The molecule has 0 amide bonds. The normalized spacial score (nSPS) is 9.11. The fourth-order valence-electron chi connectivity index (χ4n) is 1.88. The lowest BCUT2D eigenvalue weighted by atomic mass is 10.0. The lowest BCUT2D eigenvalue weighted by molar-refractivity contribution is 1.76. The molecule has 0 bridgehead atoms. The largest absolute Gasteiger partial charge is 0.183 e. The fraction of sp³-hybridized carbons (Fsp3) is 0.125. The van der Waals surface area contributed by atoms with Gasteiger partial charge in [0.2, 0.25) is 0 Å². The summed E-state index contributed by atoms with van der Waals surface area (Å²) in [4.78, 5) is 0. The molecule has 0 aliphatic rings. The molecular formula is C16H18S2. The Bertz CT molecular complexity index is 498. The van der Waals surface area contributed by atoms with E-state index in [1.807, 2.05) is 0 Å². The van der Waals surface area contributed by atoms with Gasteiger partial charge in [0.25, 0.3) is 0 Å². The summed E-state index contributed by atoms with van der Waals surface area (Å²) in [7, 11) is 0. The van der Waals surface area contributed by atoms with Crippen molar-refractivity contribution in [2.24, 2.45) is 0 Å². The van der Waals surface area contributed by atoms with Crippen LogP contribution in [0, 0.1) is 0 Å². The van der Waals surface area contributed by atoms with Crippen LogP contribution in [0.15, 0.2) is 60.7 Å². The minimum Gasteiger partial charge on any atom is -0.183 e. The quantitative estimate of drug-likeness (QED) is 0.414. The summed E-state index contributed by atoms with van der Waals surface area (Å²) < 4.78 is 0. The second kappa shape index (κ2) is 8.06. The van der Waals surface area contributed by atoms with Gasteiger partial charge in [0.15, 0.2) is 0 Å². The molecule has 0 fully saturated rings. The van der Waals surface area contributed by atoms with E-state index in [0.29, 0.717) is 0 Å². The highest BCUT2D eigenvalue weighted by molar-refractivity contribution is 7.79. The molecule has 0 nitrogen and oxygen atoms in total. The molecule has 0 atom stereocenters. The van der Waals surface area contributed by atoms with Crippen LogP contribution in [0.1, 0.15) is 0 Å². The van der Waals surface area contributed by atoms with Gasteiger partial charge in [-0.2, -0.15) is 25.3 Å². The predicted molar refractivity (Wildman–Crippen MR) is 91.3 cm³/mol. The van der Waals surface area contributed by atoms with Crippen LogP contribution in [0.4, 0.5) is 0 Å². The molecule has 0 saturated heterocycles. The van der Waals surface area contributed by atoms with Crippen molar-refractivity contribution >= 4 is 46.8 Å². The number of benzene rings is 3. The van der Waals surface area contributed by atoms with E-state index in [9.17, 15) is 0 Å². The van der Waals surface area contributed by atoms with Crippen LogP contribution >= 0.6 is 25.3 Å². The maximum absolute atomic E-state index is 3.53. The van der Waals surface area contributed by atoms with E-state index >= 15 is 0 Å². The molecular weight excluding hydrogens is 256 g/mol. The minimum absolute atomic E-state index is 1.31. The van der Waals surface area contributed by atoms with Crippen molar-refractivity contribution in [3.05, 3.63) is 60.7 Å². The zero-order valence-electron chi connectivity index (χ0n) is 10.7. The standard InChI is InChI=1S/C14H10.2CH4S/c1-2-6-12-10-14-8-4-3-7-13(14)9-11(12)5-1;2*1-2/h1-10H;2*2H,1H3. The third kappa shape index (κ3) is 3.44. The van der Waals surface area contributed by atoms with Gasteiger partial charge in [-0.1, -0.05) is 48.5 Å². The Kier molecular flexibility index (Phi) is 6.69. The van der Waals surface area contributed by atoms with E-state index in [4.69, 9.17) is 0 Å². The molecule has 3 aromatic carbocycles. The maximum Gasteiger partial charge on any atom is -0.0178 e. The van der Waals surface area contributed by atoms with E-state index in [2.05, 4.69) is 85.9 Å². The second-order valence-corrected chi connectivity index (χ2v) is 3.55. The van der Waals surface area contributed by atoms with Gasteiger partial charge in [-0.05, 0) is 46.2 Å². The number of thiol groups is 2. The van der Waals surface area contributed by atoms with E-state index < -0.39 is 0 Å². The van der Waals surface area contributed by atoms with Gasteiger partial charge in [-0.15, -0.1) is 0 Å². The van der Waals surface area contributed by atoms with Crippen molar-refractivity contribution in [3.8, 4) is 0 Å². The van der Waals surface area contributed by atoms with Gasteiger partial charge in [0, 0.05) is 0 Å². The van der Waals surface area contributed by atoms with Gasteiger partial charge >= 0.3 is 0 Å². The number of hydrogen-bond donors (Lipinski definition) is 2. The summed E-state index contributed by atoms with van der Waals surface area (Å²) >= 11 is 7.06. The van der Waals surface area contributed by atoms with Crippen LogP contribution in [-0.2, 0) is 0 Å². The van der Waals surface area contributed by atoms with Gasteiger partial charge in [0.05, 0.1) is 0 Å². The highest BCUT2D eigenvalue weighted by Crippen LogP contribution is 2.21. The fourth-order valence-corrected chi connectivity index (χ4v) is 1.88. The Morgan fingerprint density at radius 2 is 0.722 bits per heavy atom. The van der Waals surface area contributed by atoms with Crippen LogP contribution in [-0.4, -0.2) is 12.5 Å². The molecule has 0 spiro atoms. The van der Waals surface area contributed by atoms with Crippen molar-refractivity contribution in [2.75, 3.05) is 12.5 Å². The molecule has 0 aromatic heterocycles. The van der Waals surface area contributed by atoms with Gasteiger partial charge < -0.3 is 0 Å². The van der Waals surface area contributed by atoms with Crippen LogP contribution in [0.5, 0.6) is 0 Å². The predicted octanol–water partition coefficient (Wildman–Crippen LogP) is 5.09. The second-order valence-electron chi connectivity index (χ2n) is 3.55. The first-order valence-electron chi connectivity index (χ1n) is 5.70. The average Bonchev–Trinajstić information content (AvgIpc) is 2.49. The molecule has 3 rings (SSSR count). The van der Waals surface area contributed by atoms with Crippen LogP contribution in [0.3, 0.4) is 0 Å². The maximum atomic E-state index is 3.53. The number of hydrogen-bond acceptors (Lipinski definition) is 2. The molecule has 94 valence electrons. The van der Waals surface area contributed by atoms with Crippen LogP contribution in [0.25, 0.3) is 21.5 Å². The zero-order valence-corrected chi connectivity index (χ0v) is 12.5. The van der Waals surface area contributed by atoms with E-state index in [0.717, 1.165) is 0 Å². The van der Waals surface area contributed by atoms with Crippen molar-refractivity contribution in [3.63, 3.8) is 0 Å². The van der Waals surface area contributed by atoms with E-state index in [1.54, 1.807) is 12.5 Å². The molecule has 0 radical (unpaired) electrons. The van der Waals surface area contributed by atoms with Crippen molar-refractivity contribution in [1.29, 1.82) is 0 Å². The molecule has 0 aliphatic heterocycles. The highest BCUT2D eigenvalue weighted by Gasteiger charge is 1.95. The summed E-state index contributed by atoms with van der Waals surface area (Å²) in [6.45, 7) is 0. The minimum atomic E-state index is 1.31. The molecule has 18 heavy (non-hydrogen) atoms. The van der Waals surface area contributed by atoms with Gasteiger partial charge in [-0.3, -0.25) is 0 Å². The third-order valence-electron chi connectivity index (χ3n) is 2.61. The lowest BCUT2D eigenvalue weighted by Gasteiger charge is -2.00. The number of rotatable bonds is 0. The summed E-state index contributed by atoms with van der Waals surface area (Å²) in [6, 6.07) is 21.4. The molecule has 2 heteroatoms. The average molecular weight is 274 g/mol. The van der Waals surface area contributed by atoms with E-state index in [-0.39, 0.29) is 0 Å². The smallest absolute Gasteiger partial charge is 0.0178 e. The first-order chi connectivity index (χ1) is 8.93. The zero-order chi connectivity index (χ0) is 13.4. The summed E-state index contributed by atoms with van der Waals surface area (Å²) in [5, 5.41) is 5.25. The molecule has 3 aromatic rings. The van der Waals surface area contributed by atoms with Crippen molar-refractivity contribution in [1.82, 2.24) is 0 Å². The van der Waals surface area contributed by atoms with Gasteiger partial charge in [-0.25, -0.2) is 0 Å². The number of fused-ring (bicyclic) bond motifs is 2. The molecule has 0 unspecified atom stereocenters. The Morgan fingerprint density at radius 1 is 0.500 bits per heavy atom.